The molecule has 2 heterocycles. The van der Waals surface area contributed by atoms with Gasteiger partial charge in [0.15, 0.2) is 0 Å². The highest BCUT2D eigenvalue weighted by atomic mass is 79.9. The second-order valence-corrected chi connectivity index (χ2v) is 6.70. The monoisotopic (exact) mass is 330 g/mol. The van der Waals surface area contributed by atoms with Crippen LogP contribution >= 0.6 is 27.3 Å². The van der Waals surface area contributed by atoms with E-state index in [1.54, 1.807) is 11.3 Å². The van der Waals surface area contributed by atoms with Crippen LogP contribution in [0.1, 0.15) is 31.1 Å². The quantitative estimate of drug-likeness (QED) is 0.891. The van der Waals surface area contributed by atoms with E-state index in [0.29, 0.717) is 18.5 Å². The van der Waals surface area contributed by atoms with Gasteiger partial charge in [-0.3, -0.25) is 4.79 Å². The second-order valence-electron chi connectivity index (χ2n) is 4.79. The predicted octanol–water partition coefficient (Wildman–Crippen LogP) is 2.70. The topological polar surface area (TPSA) is 41.1 Å². The Bertz CT molecular complexity index is 407. The molecule has 1 fully saturated rings. The molecular weight excluding hydrogens is 312 g/mol. The smallest absolute Gasteiger partial charge is 0.220 e. The van der Waals surface area contributed by atoms with E-state index in [1.807, 2.05) is 0 Å². The minimum Gasteiger partial charge on any atom is -0.352 e. The lowest BCUT2D eigenvalue weighted by Crippen LogP contribution is -2.51. The lowest BCUT2D eigenvalue weighted by atomic mass is 10.00. The van der Waals surface area contributed by atoms with E-state index in [0.717, 1.165) is 30.3 Å². The molecule has 2 unspecified atom stereocenters. The lowest BCUT2D eigenvalue weighted by Gasteiger charge is -2.30. The molecule has 1 aliphatic rings. The number of nitrogens with one attached hydrogen (secondary N) is 2. The Hall–Kier alpha value is -0.390. The number of hydrogen-bond donors (Lipinski definition) is 2. The van der Waals surface area contributed by atoms with Crippen molar-refractivity contribution >= 4 is 33.2 Å². The molecule has 3 nitrogen and oxygen atoms in total. The van der Waals surface area contributed by atoms with Gasteiger partial charge in [0.1, 0.15) is 0 Å². The number of amides is 1. The van der Waals surface area contributed by atoms with Gasteiger partial charge in [-0.1, -0.05) is 0 Å². The van der Waals surface area contributed by atoms with Gasteiger partial charge in [-0.2, -0.15) is 0 Å². The molecule has 1 amide bonds. The molecule has 1 aromatic heterocycles. The maximum atomic E-state index is 11.9. The molecule has 0 saturated carbocycles. The van der Waals surface area contributed by atoms with Crippen molar-refractivity contribution in [2.24, 2.45) is 0 Å². The summed E-state index contributed by atoms with van der Waals surface area (Å²) in [6.45, 7) is 3.21. The number of piperidine rings is 1. The van der Waals surface area contributed by atoms with Gasteiger partial charge in [0.25, 0.3) is 0 Å². The first-order valence-electron chi connectivity index (χ1n) is 6.41. The molecule has 0 spiro atoms. The summed E-state index contributed by atoms with van der Waals surface area (Å²) in [4.78, 5) is 13.1. The van der Waals surface area contributed by atoms with Gasteiger partial charge in [0.2, 0.25) is 5.91 Å². The summed E-state index contributed by atoms with van der Waals surface area (Å²) < 4.78 is 1.10. The molecule has 100 valence electrons. The number of aryl methyl sites for hydroxylation is 1. The SMILES string of the molecule is CC1NCCCC1NC(=O)CCc1cc(Br)cs1. The van der Waals surface area contributed by atoms with Gasteiger partial charge in [0, 0.05) is 33.2 Å². The van der Waals surface area contributed by atoms with Gasteiger partial charge in [0.05, 0.1) is 0 Å². The summed E-state index contributed by atoms with van der Waals surface area (Å²) in [5, 5.41) is 8.59. The summed E-state index contributed by atoms with van der Waals surface area (Å²) in [6, 6.07) is 2.77. The molecule has 5 heteroatoms. The van der Waals surface area contributed by atoms with Crippen molar-refractivity contribution in [3.63, 3.8) is 0 Å². The van der Waals surface area contributed by atoms with Crippen LogP contribution in [0, 0.1) is 0 Å². The van der Waals surface area contributed by atoms with Crippen molar-refractivity contribution in [2.75, 3.05) is 6.54 Å². The molecule has 0 radical (unpaired) electrons. The Kier molecular flexibility index (Phi) is 5.21. The van der Waals surface area contributed by atoms with E-state index >= 15 is 0 Å². The van der Waals surface area contributed by atoms with Crippen molar-refractivity contribution in [3.05, 3.63) is 20.8 Å². The minimum absolute atomic E-state index is 0.167. The molecule has 0 aromatic carbocycles. The standard InChI is InChI=1S/C13H19BrN2OS/c1-9-12(3-2-6-15-9)16-13(17)5-4-11-7-10(14)8-18-11/h7-9,12,15H,2-6H2,1H3,(H,16,17). The Morgan fingerprint density at radius 1 is 1.67 bits per heavy atom. The van der Waals surface area contributed by atoms with Crippen LogP contribution in [-0.4, -0.2) is 24.5 Å². The van der Waals surface area contributed by atoms with Crippen LogP contribution in [0.25, 0.3) is 0 Å². The Morgan fingerprint density at radius 2 is 2.50 bits per heavy atom. The zero-order valence-electron chi connectivity index (χ0n) is 10.5. The first-order chi connectivity index (χ1) is 8.65. The first kappa shape index (κ1) is 14.0. The van der Waals surface area contributed by atoms with Crippen molar-refractivity contribution in [1.29, 1.82) is 0 Å². The third-order valence-electron chi connectivity index (χ3n) is 3.33. The fourth-order valence-corrected chi connectivity index (χ4v) is 3.70. The minimum atomic E-state index is 0.167. The number of carbonyl (C=O) groups excluding carboxylic acids is 1. The maximum Gasteiger partial charge on any atom is 0.220 e. The summed E-state index contributed by atoms with van der Waals surface area (Å²) in [7, 11) is 0. The Balaban J connectivity index is 1.74. The normalized spacial score (nSPS) is 23.9. The van der Waals surface area contributed by atoms with E-state index in [-0.39, 0.29) is 5.91 Å². The average Bonchev–Trinajstić information content (AvgIpc) is 2.76. The van der Waals surface area contributed by atoms with Crippen LogP contribution in [0.15, 0.2) is 15.9 Å². The van der Waals surface area contributed by atoms with E-state index in [2.05, 4.69) is 44.9 Å². The van der Waals surface area contributed by atoms with Crippen LogP contribution < -0.4 is 10.6 Å². The molecule has 1 aromatic rings. The van der Waals surface area contributed by atoms with Gasteiger partial charge in [-0.05, 0) is 54.7 Å². The van der Waals surface area contributed by atoms with Crippen LogP contribution in [0.2, 0.25) is 0 Å². The Morgan fingerprint density at radius 3 is 3.17 bits per heavy atom. The van der Waals surface area contributed by atoms with Crippen LogP contribution in [0.5, 0.6) is 0 Å². The van der Waals surface area contributed by atoms with Gasteiger partial charge in [-0.25, -0.2) is 0 Å². The van der Waals surface area contributed by atoms with E-state index in [4.69, 9.17) is 0 Å². The van der Waals surface area contributed by atoms with Crippen LogP contribution in [0.4, 0.5) is 0 Å². The average molecular weight is 331 g/mol. The lowest BCUT2D eigenvalue weighted by molar-refractivity contribution is -0.122. The van der Waals surface area contributed by atoms with E-state index in [1.165, 1.54) is 4.88 Å². The number of hydrogen-bond acceptors (Lipinski definition) is 3. The fourth-order valence-electron chi connectivity index (χ4n) is 2.24. The van der Waals surface area contributed by atoms with Gasteiger partial charge in [-0.15, -0.1) is 11.3 Å². The second kappa shape index (κ2) is 6.68. The fraction of sp³-hybridized carbons (Fsp3) is 0.615. The molecule has 18 heavy (non-hydrogen) atoms. The van der Waals surface area contributed by atoms with E-state index < -0.39 is 0 Å². The van der Waals surface area contributed by atoms with Crippen LogP contribution in [0.3, 0.4) is 0 Å². The van der Waals surface area contributed by atoms with Crippen molar-refractivity contribution in [2.45, 2.75) is 44.7 Å². The highest BCUT2D eigenvalue weighted by Crippen LogP contribution is 2.20. The molecule has 0 aliphatic carbocycles. The highest BCUT2D eigenvalue weighted by molar-refractivity contribution is 9.10. The number of thiophene rings is 1. The summed E-state index contributed by atoms with van der Waals surface area (Å²) in [5.74, 6) is 0.167. The van der Waals surface area contributed by atoms with Crippen LogP contribution in [-0.2, 0) is 11.2 Å². The third kappa shape index (κ3) is 4.07. The molecule has 2 N–H and O–H groups in total. The molecule has 1 saturated heterocycles. The van der Waals surface area contributed by atoms with E-state index in [9.17, 15) is 4.79 Å². The maximum absolute atomic E-state index is 11.9. The van der Waals surface area contributed by atoms with Gasteiger partial charge >= 0.3 is 0 Å². The summed E-state index contributed by atoms with van der Waals surface area (Å²) >= 11 is 5.13. The van der Waals surface area contributed by atoms with Crippen molar-refractivity contribution in [1.82, 2.24) is 10.6 Å². The number of rotatable bonds is 4. The summed E-state index contributed by atoms with van der Waals surface area (Å²) in [5.41, 5.74) is 0. The Labute approximate surface area is 120 Å². The molecule has 1 aliphatic heterocycles. The van der Waals surface area contributed by atoms with Crippen molar-refractivity contribution in [3.8, 4) is 0 Å². The zero-order chi connectivity index (χ0) is 13.0. The summed E-state index contributed by atoms with van der Waals surface area (Å²) in [6.07, 6.45) is 3.64. The molecular formula is C13H19BrN2OS. The predicted molar refractivity (Wildman–Crippen MR) is 79.0 cm³/mol. The number of carbonyl (C=O) groups is 1. The molecule has 2 rings (SSSR count). The molecule has 2 atom stereocenters. The zero-order valence-corrected chi connectivity index (χ0v) is 12.9. The first-order valence-corrected chi connectivity index (χ1v) is 8.08. The number of halogens is 1. The largest absolute Gasteiger partial charge is 0.352 e. The third-order valence-corrected chi connectivity index (χ3v) is 5.09. The highest BCUT2D eigenvalue weighted by Gasteiger charge is 2.21. The van der Waals surface area contributed by atoms with Gasteiger partial charge < -0.3 is 10.6 Å². The molecule has 0 bridgehead atoms. The van der Waals surface area contributed by atoms with Crippen molar-refractivity contribution < 1.29 is 4.79 Å².